The van der Waals surface area contributed by atoms with Gasteiger partial charge in [-0.25, -0.2) is 0 Å². The van der Waals surface area contributed by atoms with E-state index >= 15 is 0 Å². The van der Waals surface area contributed by atoms with Crippen LogP contribution in [-0.2, 0) is 16.0 Å². The number of aryl methyl sites for hydroxylation is 2. The molecule has 4 nitrogen and oxygen atoms in total. The predicted molar refractivity (Wildman–Crippen MR) is 99.4 cm³/mol. The molecule has 1 atom stereocenters. The zero-order chi connectivity index (χ0) is 17.8. The van der Waals surface area contributed by atoms with Gasteiger partial charge >= 0.3 is 0 Å². The average molecular weight is 342 g/mol. The first-order chi connectivity index (χ1) is 12.0. The Balaban J connectivity index is 1.60. The quantitative estimate of drug-likeness (QED) is 0.824. The highest BCUT2D eigenvalue weighted by atomic mass is 16.2. The molecule has 0 N–H and O–H groups in total. The lowest BCUT2D eigenvalue weighted by Crippen LogP contribution is -2.46. The molecule has 0 aromatic heterocycles. The molecule has 25 heavy (non-hydrogen) atoms. The zero-order valence-electron chi connectivity index (χ0n) is 15.6. The maximum absolute atomic E-state index is 12.9. The number of nitrogens with zero attached hydrogens (tertiary/aromatic N) is 2. The zero-order valence-corrected chi connectivity index (χ0v) is 15.6. The Kier molecular flexibility index (Phi) is 5.77. The Morgan fingerprint density at radius 1 is 1.12 bits per heavy atom. The lowest BCUT2D eigenvalue weighted by molar-refractivity contribution is -0.134. The summed E-state index contributed by atoms with van der Waals surface area (Å²) in [6.07, 6.45) is 6.44. The number of likely N-dealkylation sites (tertiary alicyclic amines) is 2. The van der Waals surface area contributed by atoms with Crippen molar-refractivity contribution in [2.24, 2.45) is 0 Å². The lowest BCUT2D eigenvalue weighted by atomic mass is 9.97. The highest BCUT2D eigenvalue weighted by Crippen LogP contribution is 2.23. The number of carbonyl (C=O) groups excluding carboxylic acids is 2. The molecule has 2 fully saturated rings. The number of hydrogen-bond acceptors (Lipinski definition) is 2. The Labute approximate surface area is 151 Å². The van der Waals surface area contributed by atoms with Crippen molar-refractivity contribution in [2.75, 3.05) is 19.6 Å². The van der Waals surface area contributed by atoms with Gasteiger partial charge in [0.25, 0.3) is 0 Å². The van der Waals surface area contributed by atoms with E-state index < -0.39 is 0 Å². The minimum Gasteiger partial charge on any atom is -0.343 e. The summed E-state index contributed by atoms with van der Waals surface area (Å²) in [4.78, 5) is 28.7. The van der Waals surface area contributed by atoms with Gasteiger partial charge in [0.2, 0.25) is 11.8 Å². The van der Waals surface area contributed by atoms with Crippen LogP contribution in [0.1, 0.15) is 55.2 Å². The summed E-state index contributed by atoms with van der Waals surface area (Å²) in [5.41, 5.74) is 3.61. The Bertz CT molecular complexity index is 641. The smallest absolute Gasteiger partial charge is 0.227 e. The van der Waals surface area contributed by atoms with Crippen molar-refractivity contribution in [3.63, 3.8) is 0 Å². The molecule has 0 saturated carbocycles. The van der Waals surface area contributed by atoms with Crippen molar-refractivity contribution >= 4 is 11.8 Å². The van der Waals surface area contributed by atoms with E-state index in [2.05, 4.69) is 36.9 Å². The number of hydrogen-bond donors (Lipinski definition) is 0. The highest BCUT2D eigenvalue weighted by molar-refractivity contribution is 5.79. The summed E-state index contributed by atoms with van der Waals surface area (Å²) < 4.78 is 0. The second-order valence-electron chi connectivity index (χ2n) is 7.61. The van der Waals surface area contributed by atoms with E-state index in [4.69, 9.17) is 0 Å². The molecule has 3 rings (SSSR count). The highest BCUT2D eigenvalue weighted by Gasteiger charge is 2.28. The van der Waals surface area contributed by atoms with Gasteiger partial charge in [-0.15, -0.1) is 0 Å². The molecule has 1 aromatic rings. The largest absolute Gasteiger partial charge is 0.343 e. The summed E-state index contributed by atoms with van der Waals surface area (Å²) in [7, 11) is 0. The second-order valence-corrected chi connectivity index (χ2v) is 7.61. The SMILES string of the molecule is Cc1ccc(CC(=O)N2CCCC[C@@H]2CCN2CCCC2=O)cc1C. The van der Waals surface area contributed by atoms with E-state index in [0.717, 1.165) is 50.9 Å². The van der Waals surface area contributed by atoms with Crippen LogP contribution in [-0.4, -0.2) is 47.3 Å². The molecule has 0 radical (unpaired) electrons. The molecule has 136 valence electrons. The normalized spacial score (nSPS) is 21.0. The van der Waals surface area contributed by atoms with Gasteiger partial charge < -0.3 is 9.80 Å². The Morgan fingerprint density at radius 2 is 1.96 bits per heavy atom. The fourth-order valence-corrected chi connectivity index (χ4v) is 4.06. The van der Waals surface area contributed by atoms with Crippen molar-refractivity contribution in [3.8, 4) is 0 Å². The van der Waals surface area contributed by atoms with Crippen molar-refractivity contribution in [1.29, 1.82) is 0 Å². The monoisotopic (exact) mass is 342 g/mol. The summed E-state index contributed by atoms with van der Waals surface area (Å²) in [5, 5.41) is 0. The first kappa shape index (κ1) is 18.0. The van der Waals surface area contributed by atoms with Crippen LogP contribution in [0.2, 0.25) is 0 Å². The number of amides is 2. The van der Waals surface area contributed by atoms with Crippen molar-refractivity contribution in [1.82, 2.24) is 9.80 Å². The van der Waals surface area contributed by atoms with Crippen LogP contribution in [0.25, 0.3) is 0 Å². The molecule has 0 aliphatic carbocycles. The first-order valence-electron chi connectivity index (χ1n) is 9.68. The van der Waals surface area contributed by atoms with E-state index in [0.29, 0.717) is 18.9 Å². The number of rotatable bonds is 5. The van der Waals surface area contributed by atoms with Gasteiger partial charge in [-0.3, -0.25) is 9.59 Å². The molecule has 2 saturated heterocycles. The van der Waals surface area contributed by atoms with Crippen LogP contribution in [0.3, 0.4) is 0 Å². The van der Waals surface area contributed by atoms with Gasteiger partial charge in [0.1, 0.15) is 0 Å². The van der Waals surface area contributed by atoms with Crippen molar-refractivity contribution in [2.45, 2.75) is 64.8 Å². The maximum Gasteiger partial charge on any atom is 0.227 e. The third kappa shape index (κ3) is 4.42. The molecule has 1 aromatic carbocycles. The first-order valence-corrected chi connectivity index (χ1v) is 9.68. The van der Waals surface area contributed by atoms with Gasteiger partial charge in [0, 0.05) is 32.1 Å². The summed E-state index contributed by atoms with van der Waals surface area (Å²) >= 11 is 0. The third-order valence-corrected chi connectivity index (χ3v) is 5.78. The Morgan fingerprint density at radius 3 is 2.68 bits per heavy atom. The van der Waals surface area contributed by atoms with Crippen LogP contribution in [0, 0.1) is 13.8 Å². The molecule has 4 heteroatoms. The summed E-state index contributed by atoms with van der Waals surface area (Å²) in [5.74, 6) is 0.518. The second kappa shape index (κ2) is 8.03. The van der Waals surface area contributed by atoms with E-state index in [1.807, 2.05) is 4.90 Å². The molecule has 0 spiro atoms. The van der Waals surface area contributed by atoms with Crippen LogP contribution in [0.15, 0.2) is 18.2 Å². The lowest BCUT2D eigenvalue weighted by Gasteiger charge is -2.37. The molecular weight excluding hydrogens is 312 g/mol. The topological polar surface area (TPSA) is 40.6 Å². The number of carbonyl (C=O) groups is 2. The predicted octanol–water partition coefficient (Wildman–Crippen LogP) is 3.24. The molecule has 2 aliphatic heterocycles. The molecule has 2 amide bonds. The van der Waals surface area contributed by atoms with Gasteiger partial charge in [-0.1, -0.05) is 18.2 Å². The number of benzene rings is 1. The molecule has 0 bridgehead atoms. The maximum atomic E-state index is 12.9. The molecule has 0 unspecified atom stereocenters. The van der Waals surface area contributed by atoms with Gasteiger partial charge in [0.15, 0.2) is 0 Å². The fraction of sp³-hybridized carbons (Fsp3) is 0.619. The minimum absolute atomic E-state index is 0.237. The minimum atomic E-state index is 0.237. The van der Waals surface area contributed by atoms with Gasteiger partial charge in [-0.05, 0) is 62.6 Å². The molecular formula is C21H30N2O2. The van der Waals surface area contributed by atoms with Crippen LogP contribution in [0.4, 0.5) is 0 Å². The van der Waals surface area contributed by atoms with Crippen LogP contribution in [0.5, 0.6) is 0 Å². The summed E-state index contributed by atoms with van der Waals surface area (Å²) in [6, 6.07) is 6.60. The van der Waals surface area contributed by atoms with Gasteiger partial charge in [0.05, 0.1) is 6.42 Å². The molecule has 2 heterocycles. The summed E-state index contributed by atoms with van der Waals surface area (Å²) in [6.45, 7) is 6.75. The van der Waals surface area contributed by atoms with Crippen LogP contribution < -0.4 is 0 Å². The molecule has 2 aliphatic rings. The van der Waals surface area contributed by atoms with Crippen molar-refractivity contribution < 1.29 is 9.59 Å². The van der Waals surface area contributed by atoms with E-state index in [1.165, 1.54) is 17.5 Å². The van der Waals surface area contributed by atoms with Gasteiger partial charge in [-0.2, -0.15) is 0 Å². The van der Waals surface area contributed by atoms with E-state index in [9.17, 15) is 9.59 Å². The van der Waals surface area contributed by atoms with Crippen molar-refractivity contribution in [3.05, 3.63) is 34.9 Å². The van der Waals surface area contributed by atoms with Crippen LogP contribution >= 0.6 is 0 Å². The fourth-order valence-electron chi connectivity index (χ4n) is 4.06. The Hall–Kier alpha value is -1.84. The third-order valence-electron chi connectivity index (χ3n) is 5.78. The standard InChI is InChI=1S/C21H30N2O2/c1-16-8-9-18(14-17(16)2)15-21(25)23-12-4-3-6-19(23)10-13-22-11-5-7-20(22)24/h8-9,14,19H,3-7,10-13,15H2,1-2H3/t19-/m1/s1. The average Bonchev–Trinajstić information content (AvgIpc) is 3.01. The van der Waals surface area contributed by atoms with E-state index in [-0.39, 0.29) is 11.8 Å². The van der Waals surface area contributed by atoms with E-state index in [1.54, 1.807) is 0 Å². The number of piperidine rings is 1.